The van der Waals surface area contributed by atoms with Crippen molar-refractivity contribution in [1.29, 1.82) is 0 Å². The van der Waals surface area contributed by atoms with E-state index in [1.54, 1.807) is 12.5 Å². The predicted octanol–water partition coefficient (Wildman–Crippen LogP) is 2.54. The minimum atomic E-state index is 0.850. The fraction of sp³-hybridized carbons (Fsp3) is 0.300. The minimum absolute atomic E-state index is 0.850. The Morgan fingerprint density at radius 1 is 1.31 bits per heavy atom. The van der Waals surface area contributed by atoms with Crippen molar-refractivity contribution in [3.63, 3.8) is 0 Å². The lowest BCUT2D eigenvalue weighted by molar-refractivity contribution is 1.08. The van der Waals surface area contributed by atoms with Crippen LogP contribution in [0.5, 0.6) is 0 Å². The Labute approximate surface area is 78.3 Å². The molecule has 13 heavy (non-hydrogen) atoms. The summed E-state index contributed by atoms with van der Waals surface area (Å²) in [7, 11) is 0. The number of rotatable bonds is 2. The third-order valence-electron chi connectivity index (χ3n) is 1.62. The molecule has 1 aromatic heterocycles. The fourth-order valence-electron chi connectivity index (χ4n) is 1.05. The van der Waals surface area contributed by atoms with Crippen LogP contribution in [0, 0.1) is 6.92 Å². The molecule has 68 valence electrons. The van der Waals surface area contributed by atoms with Crippen molar-refractivity contribution in [3.05, 3.63) is 23.8 Å². The van der Waals surface area contributed by atoms with E-state index in [0.717, 1.165) is 17.1 Å². The molecule has 0 atom stereocenters. The molecule has 0 saturated carbocycles. The molecule has 0 aliphatic rings. The van der Waals surface area contributed by atoms with Crippen LogP contribution in [0.4, 0.5) is 5.69 Å². The second kappa shape index (κ2) is 4.50. The highest BCUT2D eigenvalue weighted by Gasteiger charge is 2.02. The molecule has 0 unspecified atom stereocenters. The molecular formula is C10H13N3. The summed E-state index contributed by atoms with van der Waals surface area (Å²) in [4.78, 5) is 12.4. The largest absolute Gasteiger partial charge is 0.257 e. The molecular weight excluding hydrogens is 162 g/mol. The van der Waals surface area contributed by atoms with Crippen molar-refractivity contribution in [3.8, 4) is 0 Å². The van der Waals surface area contributed by atoms with Crippen molar-refractivity contribution in [2.75, 3.05) is 0 Å². The summed E-state index contributed by atoms with van der Waals surface area (Å²) in [5, 5.41) is 0. The van der Waals surface area contributed by atoms with Crippen LogP contribution in [0.1, 0.15) is 25.2 Å². The number of nitrogens with zero attached hydrogens (tertiary/aromatic N) is 3. The first-order chi connectivity index (χ1) is 6.29. The van der Waals surface area contributed by atoms with E-state index in [1.165, 1.54) is 0 Å². The molecule has 0 amide bonds. The van der Waals surface area contributed by atoms with E-state index in [-0.39, 0.29) is 0 Å². The van der Waals surface area contributed by atoms with Gasteiger partial charge in [-0.3, -0.25) is 4.99 Å². The lowest BCUT2D eigenvalue weighted by Gasteiger charge is -2.01. The van der Waals surface area contributed by atoms with Crippen LogP contribution in [0.25, 0.3) is 6.08 Å². The van der Waals surface area contributed by atoms with E-state index >= 15 is 0 Å². The first-order valence-corrected chi connectivity index (χ1v) is 4.22. The quantitative estimate of drug-likeness (QED) is 0.648. The van der Waals surface area contributed by atoms with Gasteiger partial charge < -0.3 is 0 Å². The predicted molar refractivity (Wildman–Crippen MR) is 55.3 cm³/mol. The molecule has 0 radical (unpaired) electrons. The summed E-state index contributed by atoms with van der Waals surface area (Å²) in [6.45, 7) is 5.76. The van der Waals surface area contributed by atoms with Crippen molar-refractivity contribution in [2.45, 2.75) is 20.8 Å². The number of aliphatic imine (C=N–C) groups is 1. The maximum absolute atomic E-state index is 4.22. The Morgan fingerprint density at radius 2 is 2.08 bits per heavy atom. The van der Waals surface area contributed by atoms with E-state index in [4.69, 9.17) is 0 Å². The highest BCUT2D eigenvalue weighted by atomic mass is 14.9. The summed E-state index contributed by atoms with van der Waals surface area (Å²) in [6, 6.07) is 0. The van der Waals surface area contributed by atoms with Crippen LogP contribution in [0.3, 0.4) is 0 Å². The van der Waals surface area contributed by atoms with Gasteiger partial charge in [0.25, 0.3) is 0 Å². The molecule has 1 rings (SSSR count). The topological polar surface area (TPSA) is 38.1 Å². The van der Waals surface area contributed by atoms with E-state index in [0.29, 0.717) is 0 Å². The van der Waals surface area contributed by atoms with Crippen LogP contribution in [0.2, 0.25) is 0 Å². The van der Waals surface area contributed by atoms with Crippen LogP contribution in [0.15, 0.2) is 17.4 Å². The fourth-order valence-corrected chi connectivity index (χ4v) is 1.05. The van der Waals surface area contributed by atoms with Crippen molar-refractivity contribution in [1.82, 2.24) is 9.97 Å². The van der Waals surface area contributed by atoms with E-state index in [1.807, 2.05) is 32.9 Å². The van der Waals surface area contributed by atoms with Gasteiger partial charge in [-0.1, -0.05) is 6.08 Å². The Balaban J connectivity index is 3.25. The smallest absolute Gasteiger partial charge is 0.116 e. The molecule has 0 bridgehead atoms. The van der Waals surface area contributed by atoms with Gasteiger partial charge in [0.2, 0.25) is 0 Å². The lowest BCUT2D eigenvalue weighted by Crippen LogP contribution is -1.89. The molecule has 0 saturated heterocycles. The highest BCUT2D eigenvalue weighted by molar-refractivity contribution is 5.68. The number of hydrogen-bond donors (Lipinski definition) is 0. The molecule has 1 aromatic rings. The zero-order valence-electron chi connectivity index (χ0n) is 8.15. The number of hydrogen-bond acceptors (Lipinski definition) is 3. The second-order valence-electron chi connectivity index (χ2n) is 2.58. The van der Waals surface area contributed by atoms with Gasteiger partial charge in [0.1, 0.15) is 12.0 Å². The summed E-state index contributed by atoms with van der Waals surface area (Å²) in [6.07, 6.45) is 7.17. The van der Waals surface area contributed by atoms with Gasteiger partial charge in [-0.25, -0.2) is 9.97 Å². The number of allylic oxidation sites excluding steroid dienone is 1. The zero-order chi connectivity index (χ0) is 9.68. The van der Waals surface area contributed by atoms with Gasteiger partial charge in [0, 0.05) is 6.21 Å². The summed E-state index contributed by atoms with van der Waals surface area (Å²) < 4.78 is 0. The van der Waals surface area contributed by atoms with Crippen LogP contribution >= 0.6 is 0 Å². The molecule has 0 spiro atoms. The van der Waals surface area contributed by atoms with Crippen LogP contribution in [-0.4, -0.2) is 16.2 Å². The molecule has 1 heterocycles. The van der Waals surface area contributed by atoms with Gasteiger partial charge >= 0.3 is 0 Å². The summed E-state index contributed by atoms with van der Waals surface area (Å²) in [5.41, 5.74) is 2.62. The maximum atomic E-state index is 4.22. The molecule has 0 aromatic carbocycles. The van der Waals surface area contributed by atoms with E-state index in [9.17, 15) is 0 Å². The minimum Gasteiger partial charge on any atom is -0.257 e. The third-order valence-corrected chi connectivity index (χ3v) is 1.62. The normalized spacial score (nSPS) is 11.6. The number of aromatic nitrogens is 2. The summed E-state index contributed by atoms with van der Waals surface area (Å²) in [5.74, 6) is 0. The SMILES string of the molecule is CC=Nc1c(C)ncnc1/C=C\C. The van der Waals surface area contributed by atoms with Gasteiger partial charge in [0.05, 0.1) is 11.4 Å². The second-order valence-corrected chi connectivity index (χ2v) is 2.58. The van der Waals surface area contributed by atoms with Gasteiger partial charge in [-0.2, -0.15) is 0 Å². The average Bonchev–Trinajstić information content (AvgIpc) is 2.11. The Hall–Kier alpha value is -1.51. The van der Waals surface area contributed by atoms with E-state index in [2.05, 4.69) is 15.0 Å². The molecule has 0 aliphatic heterocycles. The molecule has 0 N–H and O–H groups in total. The molecule has 0 aliphatic carbocycles. The van der Waals surface area contributed by atoms with Crippen molar-refractivity contribution >= 4 is 18.0 Å². The van der Waals surface area contributed by atoms with Crippen molar-refractivity contribution < 1.29 is 0 Å². The highest BCUT2D eigenvalue weighted by Crippen LogP contribution is 2.20. The first-order valence-electron chi connectivity index (χ1n) is 4.22. The monoisotopic (exact) mass is 175 g/mol. The molecule has 3 nitrogen and oxygen atoms in total. The standard InChI is InChI=1S/C10H13N3/c1-4-6-9-10(11-5-2)8(3)12-7-13-9/h4-7H,1-3H3/b6-4-,11-5?. The number of aryl methyl sites for hydroxylation is 1. The van der Waals surface area contributed by atoms with E-state index < -0.39 is 0 Å². The van der Waals surface area contributed by atoms with Crippen molar-refractivity contribution in [2.24, 2.45) is 4.99 Å². The van der Waals surface area contributed by atoms with Crippen LogP contribution < -0.4 is 0 Å². The van der Waals surface area contributed by atoms with Gasteiger partial charge in [0.15, 0.2) is 0 Å². The van der Waals surface area contributed by atoms with Crippen LogP contribution in [-0.2, 0) is 0 Å². The maximum Gasteiger partial charge on any atom is 0.116 e. The van der Waals surface area contributed by atoms with Gasteiger partial charge in [-0.15, -0.1) is 0 Å². The third kappa shape index (κ3) is 2.21. The average molecular weight is 175 g/mol. The lowest BCUT2D eigenvalue weighted by atomic mass is 10.2. The Kier molecular flexibility index (Phi) is 3.31. The first kappa shape index (κ1) is 9.58. The molecule has 3 heteroatoms. The van der Waals surface area contributed by atoms with Gasteiger partial charge in [-0.05, 0) is 26.8 Å². The Bertz CT molecular complexity index is 340. The zero-order valence-corrected chi connectivity index (χ0v) is 8.15. The molecule has 0 fully saturated rings. The Morgan fingerprint density at radius 3 is 2.69 bits per heavy atom. The summed E-state index contributed by atoms with van der Waals surface area (Å²) >= 11 is 0.